The third kappa shape index (κ3) is 2.22. The topological polar surface area (TPSA) is 32.5 Å². The average molecular weight is 266 g/mol. The van der Waals surface area contributed by atoms with E-state index in [0.717, 1.165) is 29.7 Å². The van der Waals surface area contributed by atoms with Gasteiger partial charge in [-0.1, -0.05) is 11.6 Å². The van der Waals surface area contributed by atoms with E-state index in [1.165, 1.54) is 31.6 Å². The number of piperazine rings is 1. The molecule has 2 N–H and O–H groups in total. The Balaban J connectivity index is 1.82. The number of halogens is 1. The van der Waals surface area contributed by atoms with Gasteiger partial charge in [0.15, 0.2) is 0 Å². The number of nitrogens with two attached hydrogens (primary N) is 1. The summed E-state index contributed by atoms with van der Waals surface area (Å²) < 4.78 is 0. The van der Waals surface area contributed by atoms with Gasteiger partial charge < -0.3 is 10.6 Å². The minimum Gasteiger partial charge on any atom is -0.368 e. The van der Waals surface area contributed by atoms with Crippen molar-refractivity contribution in [2.45, 2.75) is 25.4 Å². The first-order chi connectivity index (χ1) is 8.78. The zero-order chi connectivity index (χ0) is 12.5. The van der Waals surface area contributed by atoms with E-state index < -0.39 is 0 Å². The maximum atomic E-state index is 6.04. The molecule has 0 amide bonds. The molecule has 1 atom stereocenters. The molecular formula is C14H20ClN3. The van der Waals surface area contributed by atoms with Gasteiger partial charge in [-0.3, -0.25) is 4.90 Å². The molecule has 3 rings (SSSR count). The summed E-state index contributed by atoms with van der Waals surface area (Å²) in [5.74, 6) is 0. The Labute approximate surface area is 114 Å². The van der Waals surface area contributed by atoms with Crippen molar-refractivity contribution in [1.29, 1.82) is 0 Å². The van der Waals surface area contributed by atoms with Gasteiger partial charge in [0, 0.05) is 42.9 Å². The summed E-state index contributed by atoms with van der Waals surface area (Å²) in [5, 5.41) is 0.777. The Kier molecular flexibility index (Phi) is 3.46. The Bertz CT molecular complexity index is 435. The second-order valence-electron chi connectivity index (χ2n) is 5.26. The lowest BCUT2D eigenvalue weighted by Gasteiger charge is -2.39. The monoisotopic (exact) mass is 265 g/mol. The van der Waals surface area contributed by atoms with Crippen LogP contribution in [0.3, 0.4) is 0 Å². The summed E-state index contributed by atoms with van der Waals surface area (Å²) in [6.45, 7) is 5.25. The quantitative estimate of drug-likeness (QED) is 0.889. The van der Waals surface area contributed by atoms with Crippen LogP contribution in [0.2, 0.25) is 5.02 Å². The molecule has 2 aliphatic rings. The van der Waals surface area contributed by atoms with Gasteiger partial charge in [-0.05, 0) is 43.1 Å². The third-order valence-electron chi connectivity index (χ3n) is 4.19. The molecular weight excluding hydrogens is 246 g/mol. The fourth-order valence-corrected chi connectivity index (χ4v) is 3.43. The lowest BCUT2D eigenvalue weighted by Crippen LogP contribution is -2.50. The minimum atomic E-state index is 0.556. The van der Waals surface area contributed by atoms with E-state index in [-0.39, 0.29) is 0 Å². The van der Waals surface area contributed by atoms with Crippen molar-refractivity contribution in [3.63, 3.8) is 0 Å². The predicted octanol–water partition coefficient (Wildman–Crippen LogP) is 2.08. The fourth-order valence-electron chi connectivity index (χ4n) is 3.24. The minimum absolute atomic E-state index is 0.556. The van der Waals surface area contributed by atoms with Crippen molar-refractivity contribution < 1.29 is 0 Å². The van der Waals surface area contributed by atoms with Crippen LogP contribution >= 0.6 is 11.6 Å². The molecule has 98 valence electrons. The van der Waals surface area contributed by atoms with E-state index in [1.807, 2.05) is 12.1 Å². The van der Waals surface area contributed by atoms with Crippen LogP contribution in [0.15, 0.2) is 18.2 Å². The van der Waals surface area contributed by atoms with Crippen molar-refractivity contribution >= 4 is 17.3 Å². The predicted molar refractivity (Wildman–Crippen MR) is 76.2 cm³/mol. The highest BCUT2D eigenvalue weighted by molar-refractivity contribution is 6.30. The molecule has 0 bridgehead atoms. The van der Waals surface area contributed by atoms with E-state index in [2.05, 4.69) is 15.9 Å². The molecule has 1 aromatic rings. The molecule has 4 heteroatoms. The van der Waals surface area contributed by atoms with Gasteiger partial charge in [-0.25, -0.2) is 0 Å². The SMILES string of the molecule is NCc1cc(Cl)ccc1N1CCN2CCCC2C1. The number of anilines is 1. The molecule has 18 heavy (non-hydrogen) atoms. The average Bonchev–Trinajstić information content (AvgIpc) is 2.85. The number of fused-ring (bicyclic) bond motifs is 1. The second-order valence-corrected chi connectivity index (χ2v) is 5.69. The highest BCUT2D eigenvalue weighted by Gasteiger charge is 2.31. The van der Waals surface area contributed by atoms with Gasteiger partial charge in [-0.15, -0.1) is 0 Å². The van der Waals surface area contributed by atoms with E-state index in [0.29, 0.717) is 6.54 Å². The molecule has 2 heterocycles. The molecule has 0 spiro atoms. The molecule has 0 saturated carbocycles. The second kappa shape index (κ2) is 5.08. The van der Waals surface area contributed by atoms with Gasteiger partial charge in [-0.2, -0.15) is 0 Å². The van der Waals surface area contributed by atoms with Gasteiger partial charge in [0.2, 0.25) is 0 Å². The first kappa shape index (κ1) is 12.3. The zero-order valence-electron chi connectivity index (χ0n) is 10.6. The molecule has 2 saturated heterocycles. The van der Waals surface area contributed by atoms with Gasteiger partial charge in [0.05, 0.1) is 0 Å². The Hall–Kier alpha value is -0.770. The van der Waals surface area contributed by atoms with Crippen molar-refractivity contribution in [2.24, 2.45) is 5.73 Å². The Morgan fingerprint density at radius 2 is 2.17 bits per heavy atom. The summed E-state index contributed by atoms with van der Waals surface area (Å²) in [4.78, 5) is 5.10. The molecule has 0 aliphatic carbocycles. The molecule has 2 fully saturated rings. The molecule has 0 aromatic heterocycles. The van der Waals surface area contributed by atoms with Crippen molar-refractivity contribution in [3.8, 4) is 0 Å². The summed E-state index contributed by atoms with van der Waals surface area (Å²) in [6, 6.07) is 6.82. The largest absolute Gasteiger partial charge is 0.368 e. The highest BCUT2D eigenvalue weighted by atomic mass is 35.5. The van der Waals surface area contributed by atoms with Crippen molar-refractivity contribution in [3.05, 3.63) is 28.8 Å². The summed E-state index contributed by atoms with van der Waals surface area (Å²) in [7, 11) is 0. The van der Waals surface area contributed by atoms with Crippen LogP contribution in [0.25, 0.3) is 0 Å². The number of hydrogen-bond acceptors (Lipinski definition) is 3. The smallest absolute Gasteiger partial charge is 0.0413 e. The maximum Gasteiger partial charge on any atom is 0.0413 e. The van der Waals surface area contributed by atoms with Crippen LogP contribution in [-0.2, 0) is 6.54 Å². The van der Waals surface area contributed by atoms with E-state index in [4.69, 9.17) is 17.3 Å². The van der Waals surface area contributed by atoms with E-state index >= 15 is 0 Å². The maximum absolute atomic E-state index is 6.04. The Morgan fingerprint density at radius 3 is 3.00 bits per heavy atom. The first-order valence-electron chi connectivity index (χ1n) is 6.75. The normalized spacial score (nSPS) is 24.3. The van der Waals surface area contributed by atoms with Gasteiger partial charge >= 0.3 is 0 Å². The van der Waals surface area contributed by atoms with Crippen molar-refractivity contribution in [2.75, 3.05) is 31.1 Å². The number of nitrogens with zero attached hydrogens (tertiary/aromatic N) is 2. The standard InChI is InChI=1S/C14H20ClN3/c15-12-3-4-14(11(8-12)9-16)18-7-6-17-5-1-2-13(17)10-18/h3-4,8,13H,1-2,5-7,9-10,16H2. The molecule has 2 aliphatic heterocycles. The number of rotatable bonds is 2. The van der Waals surface area contributed by atoms with Crippen LogP contribution in [0.1, 0.15) is 18.4 Å². The first-order valence-corrected chi connectivity index (χ1v) is 7.13. The zero-order valence-corrected chi connectivity index (χ0v) is 11.4. The molecule has 3 nitrogen and oxygen atoms in total. The molecule has 0 radical (unpaired) electrons. The van der Waals surface area contributed by atoms with Crippen LogP contribution in [0.4, 0.5) is 5.69 Å². The highest BCUT2D eigenvalue weighted by Crippen LogP contribution is 2.29. The summed E-state index contributed by atoms with van der Waals surface area (Å²) >= 11 is 6.04. The van der Waals surface area contributed by atoms with Crippen LogP contribution in [-0.4, -0.2) is 37.1 Å². The Morgan fingerprint density at radius 1 is 1.28 bits per heavy atom. The summed E-state index contributed by atoms with van der Waals surface area (Å²) in [5.41, 5.74) is 8.27. The van der Waals surface area contributed by atoms with E-state index in [9.17, 15) is 0 Å². The number of hydrogen-bond donors (Lipinski definition) is 1. The van der Waals surface area contributed by atoms with Crippen LogP contribution in [0.5, 0.6) is 0 Å². The van der Waals surface area contributed by atoms with E-state index in [1.54, 1.807) is 0 Å². The fraction of sp³-hybridized carbons (Fsp3) is 0.571. The molecule has 1 unspecified atom stereocenters. The lowest BCUT2D eigenvalue weighted by atomic mass is 10.1. The van der Waals surface area contributed by atoms with Crippen LogP contribution in [0, 0.1) is 0 Å². The van der Waals surface area contributed by atoms with Crippen LogP contribution < -0.4 is 10.6 Å². The molecule has 1 aromatic carbocycles. The van der Waals surface area contributed by atoms with Gasteiger partial charge in [0.25, 0.3) is 0 Å². The summed E-state index contributed by atoms with van der Waals surface area (Å²) in [6.07, 6.45) is 2.69. The lowest BCUT2D eigenvalue weighted by molar-refractivity contribution is 0.231. The van der Waals surface area contributed by atoms with Crippen molar-refractivity contribution in [1.82, 2.24) is 4.90 Å². The van der Waals surface area contributed by atoms with Gasteiger partial charge in [0.1, 0.15) is 0 Å². The third-order valence-corrected chi connectivity index (χ3v) is 4.42. The number of benzene rings is 1.